The number of nitrogens with zero attached hydrogens (tertiary/aromatic N) is 2. The second kappa shape index (κ2) is 8.71. The Morgan fingerprint density at radius 3 is 2.57 bits per heavy atom. The van der Waals surface area contributed by atoms with Gasteiger partial charge in [0, 0.05) is 18.2 Å². The minimum Gasteiger partial charge on any atom is -0.497 e. The van der Waals surface area contributed by atoms with Crippen LogP contribution in [0.25, 0.3) is 11.4 Å². The van der Waals surface area contributed by atoms with Crippen LogP contribution in [0, 0.1) is 0 Å². The van der Waals surface area contributed by atoms with Crippen LogP contribution in [-0.4, -0.2) is 36.2 Å². The fourth-order valence-corrected chi connectivity index (χ4v) is 3.21. The minimum absolute atomic E-state index is 0.461. The molecule has 0 unspecified atom stereocenters. The van der Waals surface area contributed by atoms with Crippen LogP contribution in [0.5, 0.6) is 17.4 Å². The second-order valence-electron chi connectivity index (χ2n) is 6.73. The van der Waals surface area contributed by atoms with Crippen LogP contribution < -0.4 is 20.1 Å². The van der Waals surface area contributed by atoms with Gasteiger partial charge in [-0.2, -0.15) is 4.98 Å². The van der Waals surface area contributed by atoms with Gasteiger partial charge in [0.2, 0.25) is 5.88 Å². The molecule has 0 aliphatic carbocycles. The Bertz CT molecular complexity index is 894. The largest absolute Gasteiger partial charge is 0.497 e. The number of aromatic nitrogens is 2. The van der Waals surface area contributed by atoms with E-state index >= 15 is 0 Å². The lowest BCUT2D eigenvalue weighted by Crippen LogP contribution is -2.29. The van der Waals surface area contributed by atoms with Crippen molar-refractivity contribution in [2.45, 2.75) is 18.9 Å². The SMILES string of the molecule is COc1ccc(Oc2nc(-c3ccccc3)ncc2NC[C@@H]2CCCN2)cc1. The summed E-state index contributed by atoms with van der Waals surface area (Å²) in [6.45, 7) is 1.89. The smallest absolute Gasteiger partial charge is 0.246 e. The third kappa shape index (κ3) is 4.40. The molecule has 2 heterocycles. The zero-order valence-electron chi connectivity index (χ0n) is 15.9. The number of benzene rings is 2. The fourth-order valence-electron chi connectivity index (χ4n) is 3.21. The van der Waals surface area contributed by atoms with Gasteiger partial charge in [-0.15, -0.1) is 0 Å². The summed E-state index contributed by atoms with van der Waals surface area (Å²) in [5, 5.41) is 6.93. The van der Waals surface area contributed by atoms with Gasteiger partial charge in [-0.05, 0) is 43.7 Å². The molecule has 2 N–H and O–H groups in total. The van der Waals surface area contributed by atoms with Crippen molar-refractivity contribution in [3.05, 3.63) is 60.8 Å². The van der Waals surface area contributed by atoms with Crippen LogP contribution in [0.2, 0.25) is 0 Å². The summed E-state index contributed by atoms with van der Waals surface area (Å²) < 4.78 is 11.3. The highest BCUT2D eigenvalue weighted by Gasteiger charge is 2.16. The lowest BCUT2D eigenvalue weighted by Gasteiger charge is -2.16. The summed E-state index contributed by atoms with van der Waals surface area (Å²) in [7, 11) is 1.64. The third-order valence-corrected chi connectivity index (χ3v) is 4.76. The molecule has 1 atom stereocenters. The monoisotopic (exact) mass is 376 g/mol. The van der Waals surface area contributed by atoms with Crippen molar-refractivity contribution >= 4 is 5.69 Å². The summed E-state index contributed by atoms with van der Waals surface area (Å²) in [4.78, 5) is 9.21. The molecule has 144 valence electrons. The van der Waals surface area contributed by atoms with Crippen molar-refractivity contribution in [2.75, 3.05) is 25.5 Å². The van der Waals surface area contributed by atoms with E-state index in [0.29, 0.717) is 23.5 Å². The maximum absolute atomic E-state index is 6.10. The van der Waals surface area contributed by atoms with E-state index < -0.39 is 0 Å². The number of anilines is 1. The van der Waals surface area contributed by atoms with Gasteiger partial charge in [0.05, 0.1) is 13.3 Å². The molecular formula is C22H24N4O2. The van der Waals surface area contributed by atoms with Crippen LogP contribution in [0.4, 0.5) is 5.69 Å². The molecule has 0 spiro atoms. The Labute approximate surface area is 164 Å². The van der Waals surface area contributed by atoms with E-state index in [0.717, 1.165) is 30.1 Å². The molecule has 1 aliphatic heterocycles. The Kier molecular flexibility index (Phi) is 5.68. The maximum Gasteiger partial charge on any atom is 0.246 e. The number of nitrogens with one attached hydrogen (secondary N) is 2. The molecule has 1 saturated heterocycles. The Hall–Kier alpha value is -3.12. The zero-order chi connectivity index (χ0) is 19.2. The van der Waals surface area contributed by atoms with Crippen molar-refractivity contribution in [3.63, 3.8) is 0 Å². The number of rotatable bonds is 7. The quantitative estimate of drug-likeness (QED) is 0.647. The first-order valence-electron chi connectivity index (χ1n) is 9.53. The Balaban J connectivity index is 1.59. The van der Waals surface area contributed by atoms with Crippen LogP contribution in [0.1, 0.15) is 12.8 Å². The fraction of sp³-hybridized carbons (Fsp3) is 0.273. The molecule has 0 amide bonds. The highest BCUT2D eigenvalue weighted by atomic mass is 16.5. The van der Waals surface area contributed by atoms with Crippen molar-refractivity contribution in [1.82, 2.24) is 15.3 Å². The van der Waals surface area contributed by atoms with Gasteiger partial charge in [-0.25, -0.2) is 4.98 Å². The van der Waals surface area contributed by atoms with Crippen molar-refractivity contribution in [3.8, 4) is 28.8 Å². The van der Waals surface area contributed by atoms with E-state index in [1.165, 1.54) is 12.8 Å². The van der Waals surface area contributed by atoms with E-state index in [1.54, 1.807) is 13.3 Å². The Morgan fingerprint density at radius 2 is 1.86 bits per heavy atom. The van der Waals surface area contributed by atoms with Gasteiger partial charge >= 0.3 is 0 Å². The standard InChI is InChI=1S/C22H24N4O2/c1-27-18-9-11-19(12-10-18)28-22-20(24-14-17-8-5-13-23-17)15-25-21(26-22)16-6-3-2-4-7-16/h2-4,6-7,9-12,15,17,23-24H,5,8,13-14H2,1H3/t17-/m0/s1. The average molecular weight is 376 g/mol. The lowest BCUT2D eigenvalue weighted by atomic mass is 10.2. The second-order valence-corrected chi connectivity index (χ2v) is 6.73. The molecule has 4 rings (SSSR count). The minimum atomic E-state index is 0.461. The van der Waals surface area contributed by atoms with E-state index in [4.69, 9.17) is 9.47 Å². The van der Waals surface area contributed by atoms with Crippen LogP contribution in [0.15, 0.2) is 60.8 Å². The van der Waals surface area contributed by atoms with E-state index in [-0.39, 0.29) is 0 Å². The van der Waals surface area contributed by atoms with Crippen molar-refractivity contribution in [1.29, 1.82) is 0 Å². The molecule has 0 bridgehead atoms. The van der Waals surface area contributed by atoms with Gasteiger partial charge in [0.25, 0.3) is 0 Å². The highest BCUT2D eigenvalue weighted by molar-refractivity contribution is 5.60. The van der Waals surface area contributed by atoms with Gasteiger partial charge in [-0.1, -0.05) is 30.3 Å². The van der Waals surface area contributed by atoms with E-state index in [1.807, 2.05) is 54.6 Å². The molecule has 28 heavy (non-hydrogen) atoms. The molecule has 1 aromatic heterocycles. The topological polar surface area (TPSA) is 68.3 Å². The van der Waals surface area contributed by atoms with Gasteiger partial charge in [0.15, 0.2) is 5.82 Å². The lowest BCUT2D eigenvalue weighted by molar-refractivity contribution is 0.412. The molecule has 0 radical (unpaired) electrons. The normalized spacial score (nSPS) is 16.0. The van der Waals surface area contributed by atoms with Gasteiger partial charge in [-0.3, -0.25) is 0 Å². The van der Waals surface area contributed by atoms with E-state index in [2.05, 4.69) is 20.6 Å². The molecular weight excluding hydrogens is 352 g/mol. The van der Waals surface area contributed by atoms with Crippen molar-refractivity contribution in [2.24, 2.45) is 0 Å². The van der Waals surface area contributed by atoms with Crippen LogP contribution >= 0.6 is 0 Å². The molecule has 2 aromatic carbocycles. The summed E-state index contributed by atoms with van der Waals surface area (Å²) in [5.41, 5.74) is 1.73. The summed E-state index contributed by atoms with van der Waals surface area (Å²) in [6.07, 6.45) is 4.18. The van der Waals surface area contributed by atoms with Crippen molar-refractivity contribution < 1.29 is 9.47 Å². The van der Waals surface area contributed by atoms with Crippen LogP contribution in [0.3, 0.4) is 0 Å². The summed E-state index contributed by atoms with van der Waals surface area (Å²) in [6, 6.07) is 17.8. The zero-order valence-corrected chi connectivity index (χ0v) is 15.9. The number of hydrogen-bond donors (Lipinski definition) is 2. The predicted octanol–water partition coefficient (Wildman–Crippen LogP) is 4.11. The molecule has 1 fully saturated rings. The number of ether oxygens (including phenoxy) is 2. The van der Waals surface area contributed by atoms with Gasteiger partial charge in [0.1, 0.15) is 17.2 Å². The van der Waals surface area contributed by atoms with E-state index in [9.17, 15) is 0 Å². The first-order valence-corrected chi connectivity index (χ1v) is 9.53. The third-order valence-electron chi connectivity index (χ3n) is 4.76. The highest BCUT2D eigenvalue weighted by Crippen LogP contribution is 2.30. The molecule has 1 aliphatic rings. The average Bonchev–Trinajstić information content (AvgIpc) is 3.28. The first kappa shape index (κ1) is 18.3. The molecule has 6 heteroatoms. The molecule has 3 aromatic rings. The Morgan fingerprint density at radius 1 is 1.07 bits per heavy atom. The maximum atomic E-state index is 6.10. The number of methoxy groups -OCH3 is 1. The molecule has 6 nitrogen and oxygen atoms in total. The van der Waals surface area contributed by atoms with Gasteiger partial charge < -0.3 is 20.1 Å². The van der Waals surface area contributed by atoms with Crippen LogP contribution in [-0.2, 0) is 0 Å². The summed E-state index contributed by atoms with van der Waals surface area (Å²) >= 11 is 0. The molecule has 0 saturated carbocycles. The number of hydrogen-bond acceptors (Lipinski definition) is 6. The summed E-state index contributed by atoms with van der Waals surface area (Å²) in [5.74, 6) is 2.62. The first-order chi connectivity index (χ1) is 13.8. The predicted molar refractivity (Wildman–Crippen MR) is 110 cm³/mol.